The number of nitrogens with zero attached hydrogens (tertiary/aromatic N) is 1. The molecule has 0 bridgehead atoms. The van der Waals surface area contributed by atoms with Crippen molar-refractivity contribution in [3.05, 3.63) is 16.1 Å². The van der Waals surface area contributed by atoms with Crippen LogP contribution < -0.4 is 5.32 Å². The van der Waals surface area contributed by atoms with Crippen molar-refractivity contribution < 1.29 is 0 Å². The summed E-state index contributed by atoms with van der Waals surface area (Å²) in [5.74, 6) is 2.57. The molecule has 0 aliphatic carbocycles. The van der Waals surface area contributed by atoms with E-state index in [2.05, 4.69) is 31.5 Å². The highest BCUT2D eigenvalue weighted by atomic mass is 32.2. The van der Waals surface area contributed by atoms with E-state index in [9.17, 15) is 0 Å². The van der Waals surface area contributed by atoms with Crippen LogP contribution in [0.3, 0.4) is 0 Å². The predicted molar refractivity (Wildman–Crippen MR) is 73.4 cm³/mol. The first kappa shape index (κ1) is 12.4. The lowest BCUT2D eigenvalue weighted by Crippen LogP contribution is -2.28. The van der Waals surface area contributed by atoms with E-state index < -0.39 is 0 Å². The largest absolute Gasteiger partial charge is 0.307 e. The normalized spacial score (nSPS) is 21.6. The number of hydrogen-bond acceptors (Lipinski definition) is 4. The third kappa shape index (κ3) is 3.22. The molecule has 4 heteroatoms. The average molecular weight is 256 g/mol. The van der Waals surface area contributed by atoms with Crippen LogP contribution in [-0.4, -0.2) is 22.5 Å². The molecule has 0 saturated carbocycles. The topological polar surface area (TPSA) is 24.9 Å². The minimum atomic E-state index is 0.187. The van der Waals surface area contributed by atoms with Crippen molar-refractivity contribution >= 4 is 23.1 Å². The van der Waals surface area contributed by atoms with Gasteiger partial charge < -0.3 is 5.32 Å². The van der Waals surface area contributed by atoms with Crippen molar-refractivity contribution in [2.75, 3.05) is 11.5 Å². The zero-order valence-corrected chi connectivity index (χ0v) is 11.9. The minimum Gasteiger partial charge on any atom is -0.307 e. The highest BCUT2D eigenvalue weighted by molar-refractivity contribution is 7.99. The molecule has 1 unspecified atom stereocenters. The Labute approximate surface area is 106 Å². The number of thioether (sulfide) groups is 1. The third-order valence-electron chi connectivity index (χ3n) is 2.69. The Morgan fingerprint density at radius 1 is 1.50 bits per heavy atom. The van der Waals surface area contributed by atoms with Gasteiger partial charge in [-0.25, -0.2) is 4.98 Å². The van der Waals surface area contributed by atoms with E-state index in [-0.39, 0.29) is 5.41 Å². The van der Waals surface area contributed by atoms with Gasteiger partial charge in [0, 0.05) is 29.1 Å². The van der Waals surface area contributed by atoms with Gasteiger partial charge in [-0.2, -0.15) is 11.8 Å². The molecular weight excluding hydrogens is 236 g/mol. The first-order valence-corrected chi connectivity index (χ1v) is 7.85. The summed E-state index contributed by atoms with van der Waals surface area (Å²) in [6, 6.07) is 0.699. The molecule has 1 aliphatic heterocycles. The lowest BCUT2D eigenvalue weighted by atomic mass is 9.98. The minimum absolute atomic E-state index is 0.187. The zero-order valence-electron chi connectivity index (χ0n) is 10.2. The first-order chi connectivity index (χ1) is 7.55. The van der Waals surface area contributed by atoms with Crippen LogP contribution in [0, 0.1) is 0 Å². The van der Waals surface area contributed by atoms with Crippen LogP contribution in [0.25, 0.3) is 0 Å². The van der Waals surface area contributed by atoms with Crippen LogP contribution in [0.2, 0.25) is 0 Å². The summed E-state index contributed by atoms with van der Waals surface area (Å²) in [5, 5.41) is 7.02. The molecule has 2 nitrogen and oxygen atoms in total. The van der Waals surface area contributed by atoms with Gasteiger partial charge >= 0.3 is 0 Å². The molecule has 16 heavy (non-hydrogen) atoms. The van der Waals surface area contributed by atoms with Gasteiger partial charge in [0.25, 0.3) is 0 Å². The second-order valence-electron chi connectivity index (χ2n) is 5.34. The van der Waals surface area contributed by atoms with Gasteiger partial charge in [-0.15, -0.1) is 11.3 Å². The predicted octanol–water partition coefficient (Wildman–Crippen LogP) is 3.04. The zero-order chi connectivity index (χ0) is 11.6. The molecule has 1 fully saturated rings. The highest BCUT2D eigenvalue weighted by Gasteiger charge is 2.19. The number of rotatable bonds is 3. The summed E-state index contributed by atoms with van der Waals surface area (Å²) in [5.41, 5.74) is 1.39. The summed E-state index contributed by atoms with van der Waals surface area (Å²) in [7, 11) is 0. The molecule has 1 saturated heterocycles. The molecule has 2 heterocycles. The molecule has 0 aromatic carbocycles. The Bertz CT molecular complexity index is 335. The maximum absolute atomic E-state index is 4.69. The van der Waals surface area contributed by atoms with Crippen molar-refractivity contribution in [3.63, 3.8) is 0 Å². The fraction of sp³-hybridized carbons (Fsp3) is 0.750. The molecule has 1 aliphatic rings. The molecule has 2 rings (SSSR count). The second-order valence-corrected chi connectivity index (χ2v) is 7.34. The van der Waals surface area contributed by atoms with Crippen LogP contribution in [-0.2, 0) is 12.0 Å². The second kappa shape index (κ2) is 5.07. The van der Waals surface area contributed by atoms with E-state index in [0.29, 0.717) is 6.04 Å². The lowest BCUT2D eigenvalue weighted by molar-refractivity contribution is 0.545. The standard InChI is InChI=1S/C12H20N2S2/c1-12(2,3)11-14-10(8-16-11)6-13-9-4-5-15-7-9/h8-9,13H,4-7H2,1-3H3. The van der Waals surface area contributed by atoms with Crippen LogP contribution in [0.5, 0.6) is 0 Å². The van der Waals surface area contributed by atoms with Gasteiger partial charge in [-0.3, -0.25) is 0 Å². The van der Waals surface area contributed by atoms with Crippen LogP contribution in [0.1, 0.15) is 37.9 Å². The van der Waals surface area contributed by atoms with Gasteiger partial charge in [0.2, 0.25) is 0 Å². The average Bonchev–Trinajstić information content (AvgIpc) is 2.85. The van der Waals surface area contributed by atoms with Crippen molar-refractivity contribution in [1.29, 1.82) is 0 Å². The third-order valence-corrected chi connectivity index (χ3v) is 5.17. The molecule has 0 spiro atoms. The van der Waals surface area contributed by atoms with Crippen molar-refractivity contribution in [2.45, 2.75) is 45.2 Å². The quantitative estimate of drug-likeness (QED) is 0.900. The molecule has 90 valence electrons. The van der Waals surface area contributed by atoms with E-state index in [1.807, 2.05) is 11.8 Å². The Hall–Kier alpha value is -0.0600. The van der Waals surface area contributed by atoms with Crippen molar-refractivity contribution in [3.8, 4) is 0 Å². The number of thiazole rings is 1. The maximum Gasteiger partial charge on any atom is 0.0982 e. The van der Waals surface area contributed by atoms with Gasteiger partial charge in [0.15, 0.2) is 0 Å². The molecule has 1 aromatic rings. The highest BCUT2D eigenvalue weighted by Crippen LogP contribution is 2.25. The summed E-state index contributed by atoms with van der Waals surface area (Å²) in [6.45, 7) is 7.59. The smallest absolute Gasteiger partial charge is 0.0982 e. The molecule has 0 radical (unpaired) electrons. The van der Waals surface area contributed by atoms with Gasteiger partial charge in [0.05, 0.1) is 10.7 Å². The molecule has 1 atom stereocenters. The van der Waals surface area contributed by atoms with Gasteiger partial charge in [-0.1, -0.05) is 20.8 Å². The van der Waals surface area contributed by atoms with Crippen LogP contribution >= 0.6 is 23.1 Å². The van der Waals surface area contributed by atoms with E-state index in [0.717, 1.165) is 6.54 Å². The maximum atomic E-state index is 4.69. The summed E-state index contributed by atoms with van der Waals surface area (Å²) in [4.78, 5) is 4.69. The van der Waals surface area contributed by atoms with Crippen molar-refractivity contribution in [1.82, 2.24) is 10.3 Å². The summed E-state index contributed by atoms with van der Waals surface area (Å²) >= 11 is 3.83. The monoisotopic (exact) mass is 256 g/mol. The fourth-order valence-electron chi connectivity index (χ4n) is 1.68. The summed E-state index contributed by atoms with van der Waals surface area (Å²) in [6.07, 6.45) is 1.31. The number of aromatic nitrogens is 1. The first-order valence-electron chi connectivity index (χ1n) is 5.82. The Morgan fingerprint density at radius 3 is 2.88 bits per heavy atom. The molecule has 0 amide bonds. The van der Waals surface area contributed by atoms with Gasteiger partial charge in [0.1, 0.15) is 0 Å². The Kier molecular flexibility index (Phi) is 3.93. The van der Waals surface area contributed by atoms with Gasteiger partial charge in [-0.05, 0) is 12.2 Å². The SMILES string of the molecule is CC(C)(C)c1nc(CNC2CCSC2)cs1. The number of hydrogen-bond donors (Lipinski definition) is 1. The van der Waals surface area contributed by atoms with E-state index in [1.165, 1.54) is 28.6 Å². The molecular formula is C12H20N2S2. The fourth-order valence-corrected chi connectivity index (χ4v) is 3.77. The Balaban J connectivity index is 1.87. The lowest BCUT2D eigenvalue weighted by Gasteiger charge is -2.14. The molecule has 1 aromatic heterocycles. The van der Waals surface area contributed by atoms with E-state index in [4.69, 9.17) is 4.98 Å². The number of nitrogens with one attached hydrogen (secondary N) is 1. The molecule has 1 N–H and O–H groups in total. The van der Waals surface area contributed by atoms with Crippen LogP contribution in [0.4, 0.5) is 0 Å². The van der Waals surface area contributed by atoms with Crippen molar-refractivity contribution in [2.24, 2.45) is 0 Å². The van der Waals surface area contributed by atoms with Crippen LogP contribution in [0.15, 0.2) is 5.38 Å². The van der Waals surface area contributed by atoms with E-state index in [1.54, 1.807) is 11.3 Å². The summed E-state index contributed by atoms with van der Waals surface area (Å²) < 4.78 is 0. The van der Waals surface area contributed by atoms with E-state index >= 15 is 0 Å². The Morgan fingerprint density at radius 2 is 2.31 bits per heavy atom.